The summed E-state index contributed by atoms with van der Waals surface area (Å²) < 4.78 is 8.17. The predicted octanol–water partition coefficient (Wildman–Crippen LogP) is 4.17. The normalized spacial score (nSPS) is 11.1. The van der Waals surface area contributed by atoms with Crippen LogP contribution in [-0.4, -0.2) is 19.9 Å². The molecule has 0 saturated carbocycles. The van der Waals surface area contributed by atoms with Gasteiger partial charge in [0, 0.05) is 10.9 Å². The van der Waals surface area contributed by atoms with Crippen LogP contribution in [0.3, 0.4) is 0 Å². The molecule has 0 aliphatic carbocycles. The van der Waals surface area contributed by atoms with Gasteiger partial charge in [0.2, 0.25) is 0 Å². The van der Waals surface area contributed by atoms with Crippen molar-refractivity contribution in [2.45, 2.75) is 34.1 Å². The SMILES string of the molecule is CCc1nc(-c2cnoc2C)n(-c2cc(C)c(Br)c(C)c2)n1. The molecule has 114 valence electrons. The van der Waals surface area contributed by atoms with Crippen molar-refractivity contribution in [3.63, 3.8) is 0 Å². The second kappa shape index (κ2) is 5.68. The first-order valence-electron chi connectivity index (χ1n) is 7.16. The van der Waals surface area contributed by atoms with E-state index in [0.29, 0.717) is 0 Å². The number of benzene rings is 1. The van der Waals surface area contributed by atoms with Crippen LogP contribution in [-0.2, 0) is 6.42 Å². The zero-order valence-electron chi connectivity index (χ0n) is 13.0. The lowest BCUT2D eigenvalue weighted by Gasteiger charge is -2.09. The maximum Gasteiger partial charge on any atom is 0.168 e. The van der Waals surface area contributed by atoms with Crippen molar-refractivity contribution < 1.29 is 4.52 Å². The van der Waals surface area contributed by atoms with Gasteiger partial charge in [-0.05, 0) is 44.0 Å². The summed E-state index contributed by atoms with van der Waals surface area (Å²) in [4.78, 5) is 4.63. The number of hydrogen-bond donors (Lipinski definition) is 0. The van der Waals surface area contributed by atoms with E-state index in [1.165, 1.54) is 0 Å². The lowest BCUT2D eigenvalue weighted by molar-refractivity contribution is 0.398. The minimum Gasteiger partial charge on any atom is -0.361 e. The second-order valence-corrected chi connectivity index (χ2v) is 6.10. The molecule has 6 heteroatoms. The molecule has 0 atom stereocenters. The highest BCUT2D eigenvalue weighted by atomic mass is 79.9. The van der Waals surface area contributed by atoms with E-state index in [4.69, 9.17) is 4.52 Å². The monoisotopic (exact) mass is 360 g/mol. The molecule has 0 fully saturated rings. The smallest absolute Gasteiger partial charge is 0.168 e. The Bertz CT molecular complexity index is 812. The van der Waals surface area contributed by atoms with Gasteiger partial charge in [0.25, 0.3) is 0 Å². The quantitative estimate of drug-likeness (QED) is 0.703. The molecule has 0 radical (unpaired) electrons. The van der Waals surface area contributed by atoms with Gasteiger partial charge in [-0.15, -0.1) is 0 Å². The summed E-state index contributed by atoms with van der Waals surface area (Å²) in [6.45, 7) is 8.07. The first kappa shape index (κ1) is 15.0. The van der Waals surface area contributed by atoms with Crippen LogP contribution < -0.4 is 0 Å². The molecule has 0 aliphatic heterocycles. The Balaban J connectivity index is 2.23. The molecule has 0 N–H and O–H groups in total. The molecule has 3 aromatic rings. The van der Waals surface area contributed by atoms with Gasteiger partial charge in [-0.2, -0.15) is 5.10 Å². The van der Waals surface area contributed by atoms with Gasteiger partial charge in [0.15, 0.2) is 11.6 Å². The standard InChI is InChI=1S/C16H17BrN4O/c1-5-14-19-16(13-8-18-22-11(13)4)21(20-14)12-6-9(2)15(17)10(3)7-12/h6-8H,5H2,1-4H3. The van der Waals surface area contributed by atoms with Crippen LogP contribution in [0.1, 0.15) is 29.6 Å². The predicted molar refractivity (Wildman–Crippen MR) is 88.1 cm³/mol. The molecule has 0 unspecified atom stereocenters. The molecule has 0 bridgehead atoms. The Morgan fingerprint density at radius 2 is 1.86 bits per heavy atom. The van der Waals surface area contributed by atoms with E-state index in [-0.39, 0.29) is 0 Å². The van der Waals surface area contributed by atoms with Gasteiger partial charge >= 0.3 is 0 Å². The number of nitrogens with zero attached hydrogens (tertiary/aromatic N) is 4. The van der Waals surface area contributed by atoms with Crippen molar-refractivity contribution in [1.82, 2.24) is 19.9 Å². The van der Waals surface area contributed by atoms with Gasteiger partial charge in [-0.1, -0.05) is 28.0 Å². The summed E-state index contributed by atoms with van der Waals surface area (Å²) in [6, 6.07) is 4.19. The number of aryl methyl sites for hydroxylation is 4. The third-order valence-electron chi connectivity index (χ3n) is 3.62. The van der Waals surface area contributed by atoms with E-state index in [1.54, 1.807) is 6.20 Å². The molecule has 1 aromatic carbocycles. The summed E-state index contributed by atoms with van der Waals surface area (Å²) in [5.74, 6) is 2.30. The van der Waals surface area contributed by atoms with Gasteiger partial charge < -0.3 is 4.52 Å². The summed E-state index contributed by atoms with van der Waals surface area (Å²) in [6.07, 6.45) is 2.46. The van der Waals surface area contributed by atoms with E-state index in [2.05, 4.69) is 57.1 Å². The second-order valence-electron chi connectivity index (χ2n) is 5.31. The molecule has 0 amide bonds. The largest absolute Gasteiger partial charge is 0.361 e. The average Bonchev–Trinajstić information content (AvgIpc) is 3.09. The Morgan fingerprint density at radius 3 is 2.41 bits per heavy atom. The first-order valence-corrected chi connectivity index (χ1v) is 7.95. The summed E-state index contributed by atoms with van der Waals surface area (Å²) in [5.41, 5.74) is 4.18. The molecule has 2 heterocycles. The highest BCUT2D eigenvalue weighted by Crippen LogP contribution is 2.28. The molecule has 22 heavy (non-hydrogen) atoms. The lowest BCUT2D eigenvalue weighted by Crippen LogP contribution is -2.01. The van der Waals surface area contributed by atoms with E-state index in [9.17, 15) is 0 Å². The number of rotatable bonds is 3. The zero-order valence-corrected chi connectivity index (χ0v) is 14.6. The Morgan fingerprint density at radius 1 is 1.18 bits per heavy atom. The molecule has 0 aliphatic rings. The van der Waals surface area contributed by atoms with Crippen LogP contribution in [0.2, 0.25) is 0 Å². The van der Waals surface area contributed by atoms with E-state index in [0.717, 1.165) is 50.7 Å². The van der Waals surface area contributed by atoms with Gasteiger partial charge in [-0.25, -0.2) is 9.67 Å². The van der Waals surface area contributed by atoms with Crippen molar-refractivity contribution in [1.29, 1.82) is 0 Å². The van der Waals surface area contributed by atoms with Crippen LogP contribution in [0.25, 0.3) is 17.1 Å². The Labute approximate surface area is 137 Å². The van der Waals surface area contributed by atoms with E-state index < -0.39 is 0 Å². The molecule has 0 spiro atoms. The average molecular weight is 361 g/mol. The maximum absolute atomic E-state index is 5.18. The third-order valence-corrected chi connectivity index (χ3v) is 4.88. The van der Waals surface area contributed by atoms with Crippen molar-refractivity contribution in [2.75, 3.05) is 0 Å². The fourth-order valence-electron chi connectivity index (χ4n) is 2.42. The molecular formula is C16H17BrN4O. The maximum atomic E-state index is 5.18. The molecule has 0 saturated heterocycles. The van der Waals surface area contributed by atoms with Crippen LogP contribution in [0.15, 0.2) is 27.3 Å². The Hall–Kier alpha value is -1.95. The molecular weight excluding hydrogens is 344 g/mol. The minimum atomic E-state index is 0.738. The van der Waals surface area contributed by atoms with Crippen molar-refractivity contribution in [3.8, 4) is 17.1 Å². The van der Waals surface area contributed by atoms with Crippen molar-refractivity contribution in [3.05, 3.63) is 45.5 Å². The van der Waals surface area contributed by atoms with E-state index >= 15 is 0 Å². The number of halogens is 1. The zero-order chi connectivity index (χ0) is 15.9. The number of hydrogen-bond acceptors (Lipinski definition) is 4. The lowest BCUT2D eigenvalue weighted by atomic mass is 10.1. The van der Waals surface area contributed by atoms with Crippen molar-refractivity contribution >= 4 is 15.9 Å². The van der Waals surface area contributed by atoms with Gasteiger partial charge in [0.05, 0.1) is 17.4 Å². The highest BCUT2D eigenvalue weighted by Gasteiger charge is 2.18. The number of aromatic nitrogens is 4. The van der Waals surface area contributed by atoms with E-state index in [1.807, 2.05) is 18.5 Å². The molecule has 3 rings (SSSR count). The summed E-state index contributed by atoms with van der Waals surface area (Å²) in [5, 5.41) is 8.48. The van der Waals surface area contributed by atoms with Gasteiger partial charge in [0.1, 0.15) is 5.76 Å². The van der Waals surface area contributed by atoms with Gasteiger partial charge in [-0.3, -0.25) is 0 Å². The fourth-order valence-corrected chi connectivity index (χ4v) is 2.65. The van der Waals surface area contributed by atoms with Crippen LogP contribution in [0, 0.1) is 20.8 Å². The van der Waals surface area contributed by atoms with Crippen LogP contribution in [0.4, 0.5) is 0 Å². The van der Waals surface area contributed by atoms with Crippen LogP contribution in [0.5, 0.6) is 0 Å². The molecule has 2 aromatic heterocycles. The summed E-state index contributed by atoms with van der Waals surface area (Å²) >= 11 is 3.60. The minimum absolute atomic E-state index is 0.738. The summed E-state index contributed by atoms with van der Waals surface area (Å²) in [7, 11) is 0. The molecule has 5 nitrogen and oxygen atoms in total. The highest BCUT2D eigenvalue weighted by molar-refractivity contribution is 9.10. The third kappa shape index (κ3) is 2.47. The fraction of sp³-hybridized carbons (Fsp3) is 0.312. The van der Waals surface area contributed by atoms with Crippen LogP contribution >= 0.6 is 15.9 Å². The van der Waals surface area contributed by atoms with Crippen molar-refractivity contribution in [2.24, 2.45) is 0 Å². The first-order chi connectivity index (χ1) is 10.5. The Kier molecular flexibility index (Phi) is 3.87. The topological polar surface area (TPSA) is 56.7 Å².